The van der Waals surface area contributed by atoms with Gasteiger partial charge in [-0.3, -0.25) is 19.4 Å². The van der Waals surface area contributed by atoms with Crippen LogP contribution in [0.2, 0.25) is 0 Å². The number of ether oxygens (including phenoxy) is 1. The number of likely N-dealkylation sites (tertiary alicyclic amines) is 2. The molecule has 3 saturated heterocycles. The fourth-order valence-electron chi connectivity index (χ4n) is 5.12. The van der Waals surface area contributed by atoms with E-state index in [9.17, 15) is 14.7 Å². The van der Waals surface area contributed by atoms with E-state index in [1.54, 1.807) is 7.05 Å². The highest BCUT2D eigenvalue weighted by molar-refractivity contribution is 5.93. The zero-order chi connectivity index (χ0) is 19.7. The number of carboxylic acids is 1. The van der Waals surface area contributed by atoms with Gasteiger partial charge in [0.1, 0.15) is 0 Å². The molecule has 3 aliphatic heterocycles. The van der Waals surface area contributed by atoms with Crippen molar-refractivity contribution < 1.29 is 19.4 Å². The number of fused-ring (bicyclic) bond motifs is 1. The summed E-state index contributed by atoms with van der Waals surface area (Å²) in [6.45, 7) is 5.19. The van der Waals surface area contributed by atoms with Crippen molar-refractivity contribution in [3.05, 3.63) is 35.4 Å². The lowest BCUT2D eigenvalue weighted by Crippen LogP contribution is -2.44. The van der Waals surface area contributed by atoms with E-state index in [0.29, 0.717) is 24.7 Å². The Bertz CT molecular complexity index is 732. The van der Waals surface area contributed by atoms with Crippen LogP contribution in [0.3, 0.4) is 0 Å². The second-order valence-corrected chi connectivity index (χ2v) is 8.38. The normalized spacial score (nSPS) is 29.0. The van der Waals surface area contributed by atoms with Crippen molar-refractivity contribution in [2.75, 3.05) is 46.4 Å². The van der Waals surface area contributed by atoms with Gasteiger partial charge in [0.15, 0.2) is 0 Å². The Morgan fingerprint density at radius 3 is 2.50 bits per heavy atom. The number of nitrogens with zero attached hydrogens (tertiary/aromatic N) is 2. The molecule has 1 aromatic rings. The largest absolute Gasteiger partial charge is 0.481 e. The molecule has 0 saturated carbocycles. The lowest BCUT2D eigenvalue weighted by atomic mass is 9.81. The molecule has 0 bridgehead atoms. The van der Waals surface area contributed by atoms with Gasteiger partial charge in [0.2, 0.25) is 0 Å². The lowest BCUT2D eigenvalue weighted by molar-refractivity contribution is -0.149. The molecule has 28 heavy (non-hydrogen) atoms. The van der Waals surface area contributed by atoms with Gasteiger partial charge in [0, 0.05) is 70.5 Å². The molecule has 152 valence electrons. The Labute approximate surface area is 165 Å². The Hall–Kier alpha value is -1.96. The van der Waals surface area contributed by atoms with Gasteiger partial charge >= 0.3 is 5.97 Å². The molecule has 0 aromatic heterocycles. The van der Waals surface area contributed by atoms with Crippen LogP contribution < -0.4 is 5.32 Å². The van der Waals surface area contributed by atoms with E-state index >= 15 is 0 Å². The summed E-state index contributed by atoms with van der Waals surface area (Å²) in [6.07, 6.45) is 2.01. The van der Waals surface area contributed by atoms with Gasteiger partial charge in [-0.15, -0.1) is 0 Å². The molecule has 4 rings (SSSR count). The van der Waals surface area contributed by atoms with E-state index < -0.39 is 11.4 Å². The van der Waals surface area contributed by atoms with Crippen LogP contribution in [-0.2, 0) is 16.1 Å². The van der Waals surface area contributed by atoms with E-state index in [4.69, 9.17) is 4.74 Å². The van der Waals surface area contributed by atoms with Crippen molar-refractivity contribution in [3.8, 4) is 0 Å². The molecule has 2 atom stereocenters. The van der Waals surface area contributed by atoms with Gasteiger partial charge < -0.3 is 15.2 Å². The predicted molar refractivity (Wildman–Crippen MR) is 104 cm³/mol. The summed E-state index contributed by atoms with van der Waals surface area (Å²) in [4.78, 5) is 28.6. The van der Waals surface area contributed by atoms with E-state index in [0.717, 1.165) is 51.3 Å². The van der Waals surface area contributed by atoms with Gasteiger partial charge in [-0.1, -0.05) is 12.1 Å². The lowest BCUT2D eigenvalue weighted by Gasteiger charge is -2.33. The number of carbonyl (C=O) groups excluding carboxylic acids is 1. The minimum absolute atomic E-state index is 0.0970. The average Bonchev–Trinajstić information content (AvgIpc) is 3.24. The molecule has 3 aliphatic rings. The number of aliphatic carboxylic acids is 1. The smallest absolute Gasteiger partial charge is 0.312 e. The first kappa shape index (κ1) is 19.4. The highest BCUT2D eigenvalue weighted by Gasteiger charge is 2.58. The zero-order valence-electron chi connectivity index (χ0n) is 16.4. The topological polar surface area (TPSA) is 82.1 Å². The summed E-state index contributed by atoms with van der Waals surface area (Å²) in [6, 6.07) is 8.03. The monoisotopic (exact) mass is 387 g/mol. The molecule has 0 radical (unpaired) electrons. The second kappa shape index (κ2) is 7.81. The van der Waals surface area contributed by atoms with E-state index in [2.05, 4.69) is 15.1 Å². The van der Waals surface area contributed by atoms with Crippen LogP contribution in [0.1, 0.15) is 28.8 Å². The minimum Gasteiger partial charge on any atom is -0.481 e. The number of amides is 1. The Kier molecular flexibility index (Phi) is 5.40. The maximum Gasteiger partial charge on any atom is 0.312 e. The average molecular weight is 387 g/mol. The van der Waals surface area contributed by atoms with Crippen LogP contribution >= 0.6 is 0 Å². The fourth-order valence-corrected chi connectivity index (χ4v) is 5.12. The molecule has 7 nitrogen and oxygen atoms in total. The highest BCUT2D eigenvalue weighted by atomic mass is 16.5. The summed E-state index contributed by atoms with van der Waals surface area (Å²) in [7, 11) is 1.62. The molecular formula is C21H29N3O4. The van der Waals surface area contributed by atoms with E-state index in [1.165, 1.54) is 0 Å². The molecular weight excluding hydrogens is 358 g/mol. The van der Waals surface area contributed by atoms with Crippen LogP contribution in [0.5, 0.6) is 0 Å². The van der Waals surface area contributed by atoms with Crippen molar-refractivity contribution in [1.82, 2.24) is 15.1 Å². The molecule has 1 amide bonds. The molecule has 0 aliphatic carbocycles. The number of nitrogens with one attached hydrogen (secondary N) is 1. The standard InChI is InChI=1S/C21H29N3O4/c1-22-19(25)16-4-2-15(3-5-16)10-23-11-17-12-24(18-6-8-28-9-7-18)14-21(17,13-23)20(26)27/h2-5,17-18H,6-14H2,1H3,(H,22,25)(H,26,27)/t17-,21-/m0/s1. The van der Waals surface area contributed by atoms with Crippen molar-refractivity contribution in [1.29, 1.82) is 0 Å². The van der Waals surface area contributed by atoms with Crippen LogP contribution in [0.4, 0.5) is 0 Å². The first-order valence-electron chi connectivity index (χ1n) is 10.1. The number of hydrogen-bond donors (Lipinski definition) is 2. The Morgan fingerprint density at radius 2 is 1.89 bits per heavy atom. The van der Waals surface area contributed by atoms with Gasteiger partial charge in [-0.05, 0) is 30.5 Å². The number of rotatable bonds is 5. The summed E-state index contributed by atoms with van der Waals surface area (Å²) >= 11 is 0. The third-order valence-corrected chi connectivity index (χ3v) is 6.69. The van der Waals surface area contributed by atoms with Crippen molar-refractivity contribution in [2.24, 2.45) is 11.3 Å². The zero-order valence-corrected chi connectivity index (χ0v) is 16.4. The van der Waals surface area contributed by atoms with Gasteiger partial charge in [0.25, 0.3) is 5.91 Å². The maximum absolute atomic E-state index is 12.3. The van der Waals surface area contributed by atoms with Crippen LogP contribution in [0.25, 0.3) is 0 Å². The molecule has 3 heterocycles. The van der Waals surface area contributed by atoms with Crippen LogP contribution in [0, 0.1) is 11.3 Å². The fraction of sp³-hybridized carbons (Fsp3) is 0.619. The van der Waals surface area contributed by atoms with Crippen LogP contribution in [-0.4, -0.2) is 79.3 Å². The minimum atomic E-state index is -0.666. The molecule has 3 fully saturated rings. The molecule has 2 N–H and O–H groups in total. The predicted octanol–water partition coefficient (Wildman–Crippen LogP) is 1.04. The van der Waals surface area contributed by atoms with Gasteiger partial charge in [0.05, 0.1) is 5.41 Å². The highest BCUT2D eigenvalue weighted by Crippen LogP contribution is 2.44. The summed E-state index contributed by atoms with van der Waals surface area (Å²) < 4.78 is 5.46. The Balaban J connectivity index is 1.42. The number of hydrogen-bond acceptors (Lipinski definition) is 5. The van der Waals surface area contributed by atoms with Crippen molar-refractivity contribution in [3.63, 3.8) is 0 Å². The maximum atomic E-state index is 12.3. The van der Waals surface area contributed by atoms with E-state index in [1.807, 2.05) is 24.3 Å². The van der Waals surface area contributed by atoms with Gasteiger partial charge in [-0.2, -0.15) is 0 Å². The summed E-state index contributed by atoms with van der Waals surface area (Å²) in [5, 5.41) is 12.7. The SMILES string of the molecule is CNC(=O)c1ccc(CN2C[C@H]3CN(C4CCOCC4)C[C@@]3(C(=O)O)C2)cc1. The molecule has 1 aromatic carbocycles. The number of carbonyl (C=O) groups is 2. The quantitative estimate of drug-likeness (QED) is 0.786. The number of benzene rings is 1. The van der Waals surface area contributed by atoms with Crippen LogP contribution in [0.15, 0.2) is 24.3 Å². The van der Waals surface area contributed by atoms with Gasteiger partial charge in [-0.25, -0.2) is 0 Å². The Morgan fingerprint density at radius 1 is 1.18 bits per heavy atom. The van der Waals surface area contributed by atoms with Crippen molar-refractivity contribution in [2.45, 2.75) is 25.4 Å². The summed E-state index contributed by atoms with van der Waals surface area (Å²) in [5.41, 5.74) is 1.08. The molecule has 0 unspecified atom stereocenters. The number of carboxylic acid groups (broad SMARTS) is 1. The first-order chi connectivity index (χ1) is 13.5. The molecule has 0 spiro atoms. The van der Waals surface area contributed by atoms with Crippen molar-refractivity contribution >= 4 is 11.9 Å². The van der Waals surface area contributed by atoms with E-state index in [-0.39, 0.29) is 11.8 Å². The summed E-state index contributed by atoms with van der Waals surface area (Å²) in [5.74, 6) is -0.595. The third-order valence-electron chi connectivity index (χ3n) is 6.69. The first-order valence-corrected chi connectivity index (χ1v) is 10.1. The second-order valence-electron chi connectivity index (χ2n) is 8.38. The third kappa shape index (κ3) is 3.54. The molecule has 7 heteroatoms.